The van der Waals surface area contributed by atoms with E-state index in [-0.39, 0.29) is 12.6 Å². The van der Waals surface area contributed by atoms with Gasteiger partial charge in [0.05, 0.1) is 0 Å². The minimum absolute atomic E-state index is 0.117. The smallest absolute Gasteiger partial charge is 0.306 e. The lowest BCUT2D eigenvalue weighted by molar-refractivity contribution is -0.142. The zero-order chi connectivity index (χ0) is 11.4. The Morgan fingerprint density at radius 1 is 1.07 bits per heavy atom. The van der Waals surface area contributed by atoms with Crippen molar-refractivity contribution in [1.29, 1.82) is 0 Å². The molecule has 86 valence electrons. The van der Waals surface area contributed by atoms with Crippen LogP contribution in [0.2, 0.25) is 0 Å². The first-order valence-electron chi connectivity index (χ1n) is 5.92. The van der Waals surface area contributed by atoms with Crippen molar-refractivity contribution in [3.63, 3.8) is 0 Å². The van der Waals surface area contributed by atoms with Gasteiger partial charge in [0.1, 0.15) is 0 Å². The maximum absolute atomic E-state index is 11.1. The Balaban J connectivity index is 3.32. The molecule has 0 radical (unpaired) electrons. The number of carbonyl (C=O) groups is 1. The summed E-state index contributed by atoms with van der Waals surface area (Å²) in [6, 6.07) is 0. The van der Waals surface area contributed by atoms with E-state index < -0.39 is 0 Å². The molecule has 2 heteroatoms. The highest BCUT2D eigenvalue weighted by molar-refractivity contribution is 5.69. The molecule has 0 aliphatic carbocycles. The van der Waals surface area contributed by atoms with Gasteiger partial charge in [0.15, 0.2) is 6.61 Å². The molecule has 0 saturated heterocycles. The second-order valence-corrected chi connectivity index (χ2v) is 3.57. The molecule has 15 heavy (non-hydrogen) atoms. The molecule has 0 fully saturated rings. The van der Waals surface area contributed by atoms with E-state index in [0.717, 1.165) is 38.5 Å². The number of hydrogen-bond donors (Lipinski definition) is 0. The van der Waals surface area contributed by atoms with Crippen LogP contribution < -0.4 is 0 Å². The van der Waals surface area contributed by atoms with Gasteiger partial charge >= 0.3 is 5.97 Å². The summed E-state index contributed by atoms with van der Waals surface area (Å²) >= 11 is 0. The molecule has 0 aromatic heterocycles. The van der Waals surface area contributed by atoms with E-state index in [1.54, 1.807) is 0 Å². The molecular weight excluding hydrogens is 188 g/mol. The van der Waals surface area contributed by atoms with E-state index in [1.807, 2.05) is 0 Å². The highest BCUT2D eigenvalue weighted by Gasteiger charge is 1.99. The molecule has 0 atom stereocenters. The standard InChI is InChI=1S/C13H22O2/c1-3-5-7-8-10-12-15-13(14)11-9-6-4-2/h3-7,9,11-12H2,1-2H3. The third kappa shape index (κ3) is 11.0. The Morgan fingerprint density at radius 3 is 2.47 bits per heavy atom. The molecule has 2 nitrogen and oxygen atoms in total. The van der Waals surface area contributed by atoms with Gasteiger partial charge in [-0.15, -0.1) is 0 Å². The molecule has 0 aromatic carbocycles. The van der Waals surface area contributed by atoms with E-state index in [0.29, 0.717) is 6.42 Å². The van der Waals surface area contributed by atoms with E-state index in [1.165, 1.54) is 0 Å². The van der Waals surface area contributed by atoms with Crippen LogP contribution in [-0.2, 0) is 9.53 Å². The maximum atomic E-state index is 11.1. The number of hydrogen-bond acceptors (Lipinski definition) is 2. The maximum Gasteiger partial charge on any atom is 0.306 e. The van der Waals surface area contributed by atoms with Gasteiger partial charge in [-0.1, -0.05) is 45.0 Å². The van der Waals surface area contributed by atoms with Gasteiger partial charge in [-0.2, -0.15) is 0 Å². The number of esters is 1. The number of ether oxygens (including phenoxy) is 1. The van der Waals surface area contributed by atoms with Crippen molar-refractivity contribution in [3.05, 3.63) is 0 Å². The third-order valence-corrected chi connectivity index (χ3v) is 2.07. The van der Waals surface area contributed by atoms with Crippen molar-refractivity contribution in [1.82, 2.24) is 0 Å². The molecule has 0 saturated carbocycles. The van der Waals surface area contributed by atoms with Gasteiger partial charge < -0.3 is 4.74 Å². The second kappa shape index (κ2) is 11.1. The van der Waals surface area contributed by atoms with E-state index in [9.17, 15) is 4.79 Å². The van der Waals surface area contributed by atoms with Gasteiger partial charge in [0, 0.05) is 12.8 Å². The van der Waals surface area contributed by atoms with Crippen LogP contribution in [-0.4, -0.2) is 12.6 Å². The molecule has 0 amide bonds. The Kier molecular flexibility index (Phi) is 10.4. The average molecular weight is 210 g/mol. The summed E-state index contributed by atoms with van der Waals surface area (Å²) in [7, 11) is 0. The van der Waals surface area contributed by atoms with Crippen LogP contribution in [0.4, 0.5) is 0 Å². The molecule has 0 heterocycles. The molecule has 0 aliphatic heterocycles. The number of carbonyl (C=O) groups excluding carboxylic acids is 1. The lowest BCUT2D eigenvalue weighted by atomic mass is 10.2. The van der Waals surface area contributed by atoms with Crippen molar-refractivity contribution in [2.75, 3.05) is 6.61 Å². The Bertz CT molecular complexity index is 210. The van der Waals surface area contributed by atoms with Crippen LogP contribution in [0.1, 0.15) is 58.8 Å². The van der Waals surface area contributed by atoms with Crippen molar-refractivity contribution < 1.29 is 9.53 Å². The summed E-state index contributed by atoms with van der Waals surface area (Å²) in [5.74, 6) is 5.71. The Morgan fingerprint density at radius 2 is 1.80 bits per heavy atom. The van der Waals surface area contributed by atoms with E-state index >= 15 is 0 Å². The topological polar surface area (TPSA) is 26.3 Å². The second-order valence-electron chi connectivity index (χ2n) is 3.57. The van der Waals surface area contributed by atoms with Gasteiger partial charge in [0.25, 0.3) is 0 Å². The van der Waals surface area contributed by atoms with Crippen LogP contribution in [0.5, 0.6) is 0 Å². The van der Waals surface area contributed by atoms with Gasteiger partial charge in [-0.25, -0.2) is 0 Å². The van der Waals surface area contributed by atoms with Crippen molar-refractivity contribution in [2.45, 2.75) is 58.8 Å². The van der Waals surface area contributed by atoms with E-state index in [2.05, 4.69) is 25.7 Å². The SMILES string of the molecule is CCCCC#CCOC(=O)CCCCC. The minimum Gasteiger partial charge on any atom is -0.452 e. The normalized spacial score (nSPS) is 9.20. The molecule has 0 aliphatic rings. The van der Waals surface area contributed by atoms with Crippen LogP contribution in [0.25, 0.3) is 0 Å². The fraction of sp³-hybridized carbons (Fsp3) is 0.769. The summed E-state index contributed by atoms with van der Waals surface area (Å²) in [6.07, 6.45) is 6.87. The number of unbranched alkanes of at least 4 members (excludes halogenated alkanes) is 4. The first kappa shape index (κ1) is 14.0. The number of rotatable bonds is 7. The van der Waals surface area contributed by atoms with E-state index in [4.69, 9.17) is 4.74 Å². The summed E-state index contributed by atoms with van der Waals surface area (Å²) < 4.78 is 4.96. The fourth-order valence-corrected chi connectivity index (χ4v) is 1.11. The monoisotopic (exact) mass is 210 g/mol. The quantitative estimate of drug-likeness (QED) is 0.366. The molecule has 0 N–H and O–H groups in total. The summed E-state index contributed by atoms with van der Waals surface area (Å²) in [6.45, 7) is 4.51. The first-order valence-corrected chi connectivity index (χ1v) is 5.92. The first-order chi connectivity index (χ1) is 7.31. The zero-order valence-corrected chi connectivity index (χ0v) is 9.97. The Labute approximate surface area is 93.4 Å². The third-order valence-electron chi connectivity index (χ3n) is 2.07. The molecular formula is C13H22O2. The molecule has 0 rings (SSSR count). The van der Waals surface area contributed by atoms with Crippen LogP contribution >= 0.6 is 0 Å². The van der Waals surface area contributed by atoms with Gasteiger partial charge in [0.2, 0.25) is 0 Å². The lowest BCUT2D eigenvalue weighted by Crippen LogP contribution is -2.04. The molecule has 0 spiro atoms. The van der Waals surface area contributed by atoms with Crippen molar-refractivity contribution in [2.24, 2.45) is 0 Å². The van der Waals surface area contributed by atoms with Crippen LogP contribution in [0.15, 0.2) is 0 Å². The average Bonchev–Trinajstić information content (AvgIpc) is 2.23. The molecule has 0 unspecified atom stereocenters. The summed E-state index contributed by atoms with van der Waals surface area (Å²) in [4.78, 5) is 11.1. The highest BCUT2D eigenvalue weighted by atomic mass is 16.5. The molecule has 0 bridgehead atoms. The Hall–Kier alpha value is -0.970. The summed E-state index contributed by atoms with van der Waals surface area (Å²) in [5.41, 5.74) is 0. The van der Waals surface area contributed by atoms with Crippen molar-refractivity contribution in [3.8, 4) is 11.8 Å². The predicted molar refractivity (Wildman–Crippen MR) is 62.4 cm³/mol. The van der Waals surface area contributed by atoms with Gasteiger partial charge in [-0.05, 0) is 12.8 Å². The lowest BCUT2D eigenvalue weighted by Gasteiger charge is -1.99. The summed E-state index contributed by atoms with van der Waals surface area (Å²) in [5, 5.41) is 0. The highest BCUT2D eigenvalue weighted by Crippen LogP contribution is 2.00. The van der Waals surface area contributed by atoms with Crippen LogP contribution in [0, 0.1) is 11.8 Å². The minimum atomic E-state index is -0.117. The van der Waals surface area contributed by atoms with Crippen LogP contribution in [0.3, 0.4) is 0 Å². The van der Waals surface area contributed by atoms with Crippen molar-refractivity contribution >= 4 is 5.97 Å². The molecule has 0 aromatic rings. The fourth-order valence-electron chi connectivity index (χ4n) is 1.11. The zero-order valence-electron chi connectivity index (χ0n) is 9.97. The van der Waals surface area contributed by atoms with Gasteiger partial charge in [-0.3, -0.25) is 4.79 Å². The predicted octanol–water partition coefficient (Wildman–Crippen LogP) is 3.30. The largest absolute Gasteiger partial charge is 0.452 e.